The standard InChI is InChI=1S/C16H27NO/c18-16(7-6-15-3-1-2-8-17-15)11-14-10-12-4-5-13(14)9-12/h12-15,17H,1-11H2. The Bertz CT molecular complexity index is 295. The van der Waals surface area contributed by atoms with E-state index in [1.54, 1.807) is 0 Å². The van der Waals surface area contributed by atoms with Crippen LogP contribution in [0.5, 0.6) is 0 Å². The van der Waals surface area contributed by atoms with E-state index in [2.05, 4.69) is 5.32 Å². The summed E-state index contributed by atoms with van der Waals surface area (Å²) >= 11 is 0. The molecule has 1 heterocycles. The third kappa shape index (κ3) is 2.96. The fourth-order valence-electron chi connectivity index (χ4n) is 4.53. The summed E-state index contributed by atoms with van der Waals surface area (Å²) in [5.74, 6) is 3.19. The molecule has 1 saturated heterocycles. The van der Waals surface area contributed by atoms with E-state index in [-0.39, 0.29) is 0 Å². The van der Waals surface area contributed by atoms with E-state index in [0.717, 1.165) is 43.6 Å². The number of Topliss-reactive ketones (excluding diaryl/α,β-unsaturated/α-hetero) is 1. The molecule has 102 valence electrons. The molecule has 2 heteroatoms. The van der Waals surface area contributed by atoms with E-state index in [1.165, 1.54) is 44.9 Å². The average molecular weight is 249 g/mol. The summed E-state index contributed by atoms with van der Waals surface area (Å²) in [5.41, 5.74) is 0. The molecule has 4 unspecified atom stereocenters. The Labute approximate surface area is 111 Å². The molecule has 18 heavy (non-hydrogen) atoms. The molecule has 1 aliphatic heterocycles. The van der Waals surface area contributed by atoms with E-state index in [0.29, 0.717) is 11.8 Å². The zero-order valence-electron chi connectivity index (χ0n) is 11.5. The van der Waals surface area contributed by atoms with Gasteiger partial charge in [0.2, 0.25) is 0 Å². The predicted octanol–water partition coefficient (Wildman–Crippen LogP) is 3.30. The highest BCUT2D eigenvalue weighted by Gasteiger charge is 2.39. The van der Waals surface area contributed by atoms with E-state index in [1.807, 2.05) is 0 Å². The first-order valence-electron chi connectivity index (χ1n) is 8.06. The highest BCUT2D eigenvalue weighted by molar-refractivity contribution is 5.78. The molecule has 0 aromatic carbocycles. The molecular formula is C16H27NO. The molecule has 0 radical (unpaired) electrons. The quantitative estimate of drug-likeness (QED) is 0.810. The van der Waals surface area contributed by atoms with Gasteiger partial charge in [0, 0.05) is 18.9 Å². The number of carbonyl (C=O) groups is 1. The zero-order chi connectivity index (χ0) is 12.4. The summed E-state index contributed by atoms with van der Waals surface area (Å²) in [5, 5.41) is 3.54. The molecule has 2 bridgehead atoms. The molecule has 2 saturated carbocycles. The number of ketones is 1. The summed E-state index contributed by atoms with van der Waals surface area (Å²) in [7, 11) is 0. The monoisotopic (exact) mass is 249 g/mol. The van der Waals surface area contributed by atoms with Crippen molar-refractivity contribution in [3.63, 3.8) is 0 Å². The van der Waals surface area contributed by atoms with E-state index in [9.17, 15) is 4.79 Å². The van der Waals surface area contributed by atoms with Gasteiger partial charge >= 0.3 is 0 Å². The first kappa shape index (κ1) is 12.7. The van der Waals surface area contributed by atoms with Crippen molar-refractivity contribution in [2.45, 2.75) is 70.3 Å². The lowest BCUT2D eigenvalue weighted by Gasteiger charge is -2.24. The van der Waals surface area contributed by atoms with Crippen molar-refractivity contribution >= 4 is 5.78 Å². The molecule has 0 spiro atoms. The maximum atomic E-state index is 12.1. The van der Waals surface area contributed by atoms with Crippen LogP contribution in [0.25, 0.3) is 0 Å². The predicted molar refractivity (Wildman–Crippen MR) is 73.4 cm³/mol. The van der Waals surface area contributed by atoms with Crippen LogP contribution in [-0.4, -0.2) is 18.4 Å². The Morgan fingerprint density at radius 3 is 2.72 bits per heavy atom. The summed E-state index contributed by atoms with van der Waals surface area (Å²) in [6, 6.07) is 0.628. The minimum Gasteiger partial charge on any atom is -0.314 e. The van der Waals surface area contributed by atoms with Crippen LogP contribution in [0.4, 0.5) is 0 Å². The molecule has 3 aliphatic rings. The maximum Gasteiger partial charge on any atom is 0.133 e. The fraction of sp³-hybridized carbons (Fsp3) is 0.938. The highest BCUT2D eigenvalue weighted by Crippen LogP contribution is 2.49. The normalized spacial score (nSPS) is 39.1. The van der Waals surface area contributed by atoms with Crippen molar-refractivity contribution in [1.82, 2.24) is 5.32 Å². The van der Waals surface area contributed by atoms with Crippen LogP contribution < -0.4 is 5.32 Å². The van der Waals surface area contributed by atoms with Crippen molar-refractivity contribution in [2.75, 3.05) is 6.54 Å². The first-order valence-corrected chi connectivity index (χ1v) is 8.06. The molecule has 3 rings (SSSR count). The first-order chi connectivity index (χ1) is 8.81. The maximum absolute atomic E-state index is 12.1. The third-order valence-corrected chi connectivity index (χ3v) is 5.56. The van der Waals surface area contributed by atoms with Gasteiger partial charge in [-0.3, -0.25) is 4.79 Å². The zero-order valence-corrected chi connectivity index (χ0v) is 11.5. The molecule has 0 amide bonds. The number of carbonyl (C=O) groups excluding carboxylic acids is 1. The van der Waals surface area contributed by atoms with Crippen LogP contribution in [0, 0.1) is 17.8 Å². The Hall–Kier alpha value is -0.370. The largest absolute Gasteiger partial charge is 0.314 e. The van der Waals surface area contributed by atoms with Gasteiger partial charge in [-0.05, 0) is 62.8 Å². The molecule has 2 nitrogen and oxygen atoms in total. The van der Waals surface area contributed by atoms with Crippen LogP contribution >= 0.6 is 0 Å². The Morgan fingerprint density at radius 1 is 1.11 bits per heavy atom. The number of hydrogen-bond donors (Lipinski definition) is 1. The summed E-state index contributed by atoms with van der Waals surface area (Å²) < 4.78 is 0. The van der Waals surface area contributed by atoms with Crippen molar-refractivity contribution < 1.29 is 4.79 Å². The fourth-order valence-corrected chi connectivity index (χ4v) is 4.53. The molecule has 0 aromatic heterocycles. The molecule has 0 aromatic rings. The molecule has 3 fully saturated rings. The SMILES string of the molecule is O=C(CCC1CCCCN1)CC1CC2CCC1C2. The molecule has 4 atom stereocenters. The van der Waals surface area contributed by atoms with E-state index >= 15 is 0 Å². The lowest BCUT2D eigenvalue weighted by molar-refractivity contribution is -0.120. The average Bonchev–Trinajstić information content (AvgIpc) is 3.00. The summed E-state index contributed by atoms with van der Waals surface area (Å²) in [4.78, 5) is 12.1. The van der Waals surface area contributed by atoms with E-state index < -0.39 is 0 Å². The van der Waals surface area contributed by atoms with Gasteiger partial charge in [0.05, 0.1) is 0 Å². The minimum absolute atomic E-state index is 0.542. The second-order valence-electron chi connectivity index (χ2n) is 6.86. The number of piperidine rings is 1. The van der Waals surface area contributed by atoms with Gasteiger partial charge in [0.1, 0.15) is 5.78 Å². The van der Waals surface area contributed by atoms with Crippen molar-refractivity contribution in [1.29, 1.82) is 0 Å². The van der Waals surface area contributed by atoms with Gasteiger partial charge in [-0.25, -0.2) is 0 Å². The number of rotatable bonds is 5. The van der Waals surface area contributed by atoms with Gasteiger partial charge < -0.3 is 5.32 Å². The summed E-state index contributed by atoms with van der Waals surface area (Å²) in [6.07, 6.45) is 12.4. The lowest BCUT2D eigenvalue weighted by Crippen LogP contribution is -2.34. The van der Waals surface area contributed by atoms with Crippen molar-refractivity contribution in [2.24, 2.45) is 17.8 Å². The van der Waals surface area contributed by atoms with E-state index in [4.69, 9.17) is 0 Å². The van der Waals surface area contributed by atoms with Gasteiger partial charge in [0.25, 0.3) is 0 Å². The summed E-state index contributed by atoms with van der Waals surface area (Å²) in [6.45, 7) is 1.16. The van der Waals surface area contributed by atoms with Gasteiger partial charge in [-0.15, -0.1) is 0 Å². The molecule has 1 N–H and O–H groups in total. The smallest absolute Gasteiger partial charge is 0.133 e. The van der Waals surface area contributed by atoms with Gasteiger partial charge in [-0.1, -0.05) is 12.8 Å². The second-order valence-corrected chi connectivity index (χ2v) is 6.86. The van der Waals surface area contributed by atoms with Crippen LogP contribution in [-0.2, 0) is 4.79 Å². The molecule has 2 aliphatic carbocycles. The minimum atomic E-state index is 0.542. The van der Waals surface area contributed by atoms with Gasteiger partial charge in [-0.2, -0.15) is 0 Å². The van der Waals surface area contributed by atoms with Crippen molar-refractivity contribution in [3.8, 4) is 0 Å². The lowest BCUT2D eigenvalue weighted by atomic mass is 9.84. The van der Waals surface area contributed by atoms with Crippen LogP contribution in [0.3, 0.4) is 0 Å². The topological polar surface area (TPSA) is 29.1 Å². The van der Waals surface area contributed by atoms with Crippen LogP contribution in [0.2, 0.25) is 0 Å². The Morgan fingerprint density at radius 2 is 2.06 bits per heavy atom. The second kappa shape index (κ2) is 5.73. The molecular weight excluding hydrogens is 222 g/mol. The highest BCUT2D eigenvalue weighted by atomic mass is 16.1. The Balaban J connectivity index is 1.36. The van der Waals surface area contributed by atoms with Gasteiger partial charge in [0.15, 0.2) is 0 Å². The third-order valence-electron chi connectivity index (χ3n) is 5.56. The Kier molecular flexibility index (Phi) is 4.03. The number of nitrogens with one attached hydrogen (secondary N) is 1. The van der Waals surface area contributed by atoms with Crippen molar-refractivity contribution in [3.05, 3.63) is 0 Å². The number of hydrogen-bond acceptors (Lipinski definition) is 2. The number of fused-ring (bicyclic) bond motifs is 2. The van der Waals surface area contributed by atoms with Crippen LogP contribution in [0.1, 0.15) is 64.2 Å². The van der Waals surface area contributed by atoms with Crippen LogP contribution in [0.15, 0.2) is 0 Å².